The standard InChI is InChI=1S/C24H38/c1-7-9-14-21-19(4)24(5,6)23-17-20(15-16-22(21)23)13-11-10-12-18(3)8-2/h8,15,17-18,22H,2,7,9-14,16H2,1,3-6H3/t18-,22?/m0/s1. The van der Waals surface area contributed by atoms with Gasteiger partial charge >= 0.3 is 0 Å². The van der Waals surface area contributed by atoms with Crippen LogP contribution in [0, 0.1) is 17.3 Å². The van der Waals surface area contributed by atoms with Crippen LogP contribution in [-0.2, 0) is 0 Å². The lowest BCUT2D eigenvalue weighted by molar-refractivity contribution is 0.514. The van der Waals surface area contributed by atoms with Crippen molar-refractivity contribution in [1.82, 2.24) is 0 Å². The summed E-state index contributed by atoms with van der Waals surface area (Å²) in [5, 5.41) is 0. The Labute approximate surface area is 150 Å². The number of hydrogen-bond acceptors (Lipinski definition) is 0. The predicted octanol–water partition coefficient (Wildman–Crippen LogP) is 7.79. The Morgan fingerprint density at radius 2 is 2.00 bits per heavy atom. The van der Waals surface area contributed by atoms with E-state index in [2.05, 4.69) is 59.4 Å². The van der Waals surface area contributed by atoms with Gasteiger partial charge in [-0.15, -0.1) is 6.58 Å². The molecule has 2 atom stereocenters. The molecule has 0 heteroatoms. The maximum Gasteiger partial charge on any atom is 0.00734 e. The van der Waals surface area contributed by atoms with Gasteiger partial charge < -0.3 is 0 Å². The molecule has 0 radical (unpaired) electrons. The van der Waals surface area contributed by atoms with Gasteiger partial charge in [-0.1, -0.05) is 81.1 Å². The first kappa shape index (κ1) is 19.3. The molecule has 24 heavy (non-hydrogen) atoms. The molecule has 0 saturated heterocycles. The first-order chi connectivity index (χ1) is 11.4. The number of allylic oxidation sites excluding steroid dienone is 7. The van der Waals surface area contributed by atoms with Crippen molar-refractivity contribution in [3.8, 4) is 0 Å². The molecule has 2 rings (SSSR count). The van der Waals surface area contributed by atoms with E-state index in [9.17, 15) is 0 Å². The summed E-state index contributed by atoms with van der Waals surface area (Å²) in [7, 11) is 0. The minimum atomic E-state index is 0.268. The number of rotatable bonds is 9. The minimum Gasteiger partial charge on any atom is -0.103 e. The van der Waals surface area contributed by atoms with Crippen LogP contribution in [-0.4, -0.2) is 0 Å². The highest BCUT2D eigenvalue weighted by Gasteiger charge is 2.41. The van der Waals surface area contributed by atoms with Gasteiger partial charge in [0.25, 0.3) is 0 Å². The van der Waals surface area contributed by atoms with Crippen molar-refractivity contribution in [3.05, 3.63) is 47.1 Å². The largest absolute Gasteiger partial charge is 0.103 e. The Hall–Kier alpha value is -1.04. The maximum absolute atomic E-state index is 3.89. The Morgan fingerprint density at radius 1 is 1.25 bits per heavy atom. The second-order valence-corrected chi connectivity index (χ2v) is 8.50. The van der Waals surface area contributed by atoms with Crippen LogP contribution in [0.5, 0.6) is 0 Å². The van der Waals surface area contributed by atoms with Crippen molar-refractivity contribution in [1.29, 1.82) is 0 Å². The van der Waals surface area contributed by atoms with Gasteiger partial charge in [0, 0.05) is 11.3 Å². The monoisotopic (exact) mass is 326 g/mol. The summed E-state index contributed by atoms with van der Waals surface area (Å²) in [6.07, 6.45) is 17.5. The predicted molar refractivity (Wildman–Crippen MR) is 108 cm³/mol. The fraction of sp³-hybridized carbons (Fsp3) is 0.667. The lowest BCUT2D eigenvalue weighted by Crippen LogP contribution is -2.17. The summed E-state index contributed by atoms with van der Waals surface area (Å²) in [6.45, 7) is 15.7. The van der Waals surface area contributed by atoms with Crippen LogP contribution in [0.15, 0.2) is 47.1 Å². The summed E-state index contributed by atoms with van der Waals surface area (Å²) in [5.74, 6) is 1.37. The van der Waals surface area contributed by atoms with Gasteiger partial charge in [0.15, 0.2) is 0 Å². The lowest BCUT2D eigenvalue weighted by Gasteiger charge is -2.29. The quantitative estimate of drug-likeness (QED) is 0.299. The summed E-state index contributed by atoms with van der Waals surface area (Å²) >= 11 is 0. The van der Waals surface area contributed by atoms with Crippen LogP contribution in [0.25, 0.3) is 0 Å². The Kier molecular flexibility index (Phi) is 6.72. The summed E-state index contributed by atoms with van der Waals surface area (Å²) in [5.41, 5.74) is 6.96. The van der Waals surface area contributed by atoms with Crippen molar-refractivity contribution in [2.24, 2.45) is 17.3 Å². The van der Waals surface area contributed by atoms with Crippen LogP contribution in [0.4, 0.5) is 0 Å². The van der Waals surface area contributed by atoms with Crippen LogP contribution >= 0.6 is 0 Å². The fourth-order valence-electron chi connectivity index (χ4n) is 4.40. The molecule has 0 aliphatic heterocycles. The molecule has 2 aliphatic carbocycles. The second-order valence-electron chi connectivity index (χ2n) is 8.50. The van der Waals surface area contributed by atoms with Crippen molar-refractivity contribution in [3.63, 3.8) is 0 Å². The summed E-state index contributed by atoms with van der Waals surface area (Å²) in [4.78, 5) is 0. The molecule has 0 fully saturated rings. The van der Waals surface area contributed by atoms with E-state index in [0.717, 1.165) is 0 Å². The van der Waals surface area contributed by atoms with Crippen molar-refractivity contribution < 1.29 is 0 Å². The zero-order valence-electron chi connectivity index (χ0n) is 16.8. The van der Waals surface area contributed by atoms with E-state index in [1.807, 2.05) is 0 Å². The van der Waals surface area contributed by atoms with Crippen molar-refractivity contribution in [2.75, 3.05) is 0 Å². The van der Waals surface area contributed by atoms with E-state index in [4.69, 9.17) is 0 Å². The molecule has 0 amide bonds. The molecule has 0 aromatic carbocycles. The highest BCUT2D eigenvalue weighted by Crippen LogP contribution is 2.54. The average Bonchev–Trinajstić information content (AvgIpc) is 2.76. The van der Waals surface area contributed by atoms with Gasteiger partial charge in [-0.05, 0) is 51.4 Å². The first-order valence-corrected chi connectivity index (χ1v) is 10.2. The molecular formula is C24H38. The lowest BCUT2D eigenvalue weighted by atomic mass is 9.76. The van der Waals surface area contributed by atoms with Crippen LogP contribution in [0.3, 0.4) is 0 Å². The molecule has 0 nitrogen and oxygen atoms in total. The van der Waals surface area contributed by atoms with Crippen LogP contribution in [0.1, 0.15) is 86.0 Å². The van der Waals surface area contributed by atoms with E-state index in [0.29, 0.717) is 11.8 Å². The van der Waals surface area contributed by atoms with E-state index in [1.54, 1.807) is 22.3 Å². The highest BCUT2D eigenvalue weighted by molar-refractivity contribution is 5.49. The molecule has 2 aliphatic rings. The van der Waals surface area contributed by atoms with Gasteiger partial charge in [0.2, 0.25) is 0 Å². The molecule has 0 aromatic rings. The molecule has 0 N–H and O–H groups in total. The zero-order chi connectivity index (χ0) is 17.7. The number of unbranched alkanes of at least 4 members (excludes halogenated alkanes) is 2. The van der Waals surface area contributed by atoms with Gasteiger partial charge in [-0.25, -0.2) is 0 Å². The summed E-state index contributed by atoms with van der Waals surface area (Å²) in [6, 6.07) is 0. The van der Waals surface area contributed by atoms with Gasteiger partial charge in [-0.2, -0.15) is 0 Å². The molecule has 0 bridgehead atoms. The van der Waals surface area contributed by atoms with E-state index >= 15 is 0 Å². The topological polar surface area (TPSA) is 0 Å². The zero-order valence-corrected chi connectivity index (χ0v) is 16.8. The molecule has 0 saturated carbocycles. The Bertz CT molecular complexity index is 538. The molecule has 134 valence electrons. The van der Waals surface area contributed by atoms with Gasteiger partial charge in [-0.3, -0.25) is 0 Å². The smallest absolute Gasteiger partial charge is 0.00734 e. The van der Waals surface area contributed by atoms with Crippen LogP contribution < -0.4 is 0 Å². The number of hydrogen-bond donors (Lipinski definition) is 0. The minimum absolute atomic E-state index is 0.268. The molecular weight excluding hydrogens is 288 g/mol. The normalized spacial score (nSPS) is 23.6. The Morgan fingerprint density at radius 3 is 2.67 bits per heavy atom. The fourth-order valence-corrected chi connectivity index (χ4v) is 4.40. The highest BCUT2D eigenvalue weighted by atomic mass is 14.5. The number of fused-ring (bicyclic) bond motifs is 1. The third-order valence-electron chi connectivity index (χ3n) is 6.47. The molecule has 0 heterocycles. The van der Waals surface area contributed by atoms with Gasteiger partial charge in [0.05, 0.1) is 0 Å². The Balaban J connectivity index is 2.00. The average molecular weight is 327 g/mol. The first-order valence-electron chi connectivity index (χ1n) is 10.2. The summed E-state index contributed by atoms with van der Waals surface area (Å²) < 4.78 is 0. The molecule has 0 aromatic heterocycles. The third-order valence-corrected chi connectivity index (χ3v) is 6.47. The third kappa shape index (κ3) is 4.13. The SMILES string of the molecule is C=C[C@H](C)CCCCC1=CCC2C(=C1)C(C)(C)C(C)=C2CCCC. The van der Waals surface area contributed by atoms with Crippen molar-refractivity contribution >= 4 is 0 Å². The molecule has 1 unspecified atom stereocenters. The second kappa shape index (κ2) is 8.37. The molecule has 0 spiro atoms. The van der Waals surface area contributed by atoms with Gasteiger partial charge in [0.1, 0.15) is 0 Å². The maximum atomic E-state index is 3.89. The van der Waals surface area contributed by atoms with Crippen LogP contribution in [0.2, 0.25) is 0 Å². The van der Waals surface area contributed by atoms with E-state index < -0.39 is 0 Å². The van der Waals surface area contributed by atoms with E-state index in [-0.39, 0.29) is 5.41 Å². The van der Waals surface area contributed by atoms with E-state index in [1.165, 1.54) is 51.4 Å². The van der Waals surface area contributed by atoms with Crippen molar-refractivity contribution in [2.45, 2.75) is 86.0 Å².